The van der Waals surface area contributed by atoms with Crippen molar-refractivity contribution in [3.63, 3.8) is 0 Å². The fourth-order valence-electron chi connectivity index (χ4n) is 2.86. The van der Waals surface area contributed by atoms with Crippen LogP contribution >= 0.6 is 12.4 Å². The molecule has 23 heavy (non-hydrogen) atoms. The molecule has 2 rings (SSSR count). The van der Waals surface area contributed by atoms with Gasteiger partial charge in [-0.25, -0.2) is 0 Å². The number of piperidine rings is 1. The monoisotopic (exact) mass is 339 g/mol. The summed E-state index contributed by atoms with van der Waals surface area (Å²) in [5.74, 6) is 0.317. The van der Waals surface area contributed by atoms with E-state index >= 15 is 0 Å². The third-order valence-corrected chi connectivity index (χ3v) is 4.18. The molecule has 1 aliphatic rings. The van der Waals surface area contributed by atoms with E-state index in [1.54, 1.807) is 4.90 Å². The molecule has 128 valence electrons. The summed E-state index contributed by atoms with van der Waals surface area (Å²) in [6, 6.07) is 9.49. The number of nitrogens with one attached hydrogen (secondary N) is 1. The van der Waals surface area contributed by atoms with Gasteiger partial charge in [-0.1, -0.05) is 18.2 Å². The Balaban J connectivity index is 0.00000264. The van der Waals surface area contributed by atoms with Crippen LogP contribution in [0.15, 0.2) is 30.3 Å². The average Bonchev–Trinajstić information content (AvgIpc) is 2.55. The number of carbonyl (C=O) groups excluding carboxylic acids is 2. The van der Waals surface area contributed by atoms with E-state index in [1.165, 1.54) is 0 Å². The van der Waals surface area contributed by atoms with Crippen molar-refractivity contribution in [3.05, 3.63) is 30.3 Å². The van der Waals surface area contributed by atoms with Crippen molar-refractivity contribution in [1.29, 1.82) is 0 Å². The summed E-state index contributed by atoms with van der Waals surface area (Å²) < 4.78 is 0. The van der Waals surface area contributed by atoms with E-state index in [9.17, 15) is 9.59 Å². The van der Waals surface area contributed by atoms with Gasteiger partial charge in [-0.2, -0.15) is 0 Å². The number of carbonyl (C=O) groups is 2. The Morgan fingerprint density at radius 1 is 1.13 bits per heavy atom. The summed E-state index contributed by atoms with van der Waals surface area (Å²) >= 11 is 0. The molecule has 0 aliphatic carbocycles. The van der Waals surface area contributed by atoms with Gasteiger partial charge in [0, 0.05) is 25.1 Å². The van der Waals surface area contributed by atoms with Crippen LogP contribution in [0, 0.1) is 5.92 Å². The molecule has 1 aliphatic heterocycles. The summed E-state index contributed by atoms with van der Waals surface area (Å²) in [5.41, 5.74) is 6.06. The lowest BCUT2D eigenvalue weighted by Gasteiger charge is -2.25. The maximum absolute atomic E-state index is 12.6. The highest BCUT2D eigenvalue weighted by Crippen LogP contribution is 2.21. The van der Waals surface area contributed by atoms with Crippen molar-refractivity contribution in [2.24, 2.45) is 11.7 Å². The van der Waals surface area contributed by atoms with Gasteiger partial charge >= 0.3 is 0 Å². The molecule has 0 saturated carbocycles. The molecule has 0 bridgehead atoms. The summed E-state index contributed by atoms with van der Waals surface area (Å²) in [4.78, 5) is 25.3. The SMILES string of the molecule is Cl.NC(=O)CCN(C(=O)CCC1CCNCC1)c1ccccc1. The fraction of sp³-hybridized carbons (Fsp3) is 0.529. The number of hydrogen-bond donors (Lipinski definition) is 2. The van der Waals surface area contributed by atoms with Crippen LogP contribution < -0.4 is 16.0 Å². The van der Waals surface area contributed by atoms with Crippen molar-refractivity contribution in [2.75, 3.05) is 24.5 Å². The van der Waals surface area contributed by atoms with Crippen molar-refractivity contribution < 1.29 is 9.59 Å². The average molecular weight is 340 g/mol. The molecule has 3 N–H and O–H groups in total. The minimum absolute atomic E-state index is 0. The molecule has 5 nitrogen and oxygen atoms in total. The zero-order chi connectivity index (χ0) is 15.8. The second-order valence-electron chi connectivity index (χ2n) is 5.83. The molecule has 1 aromatic carbocycles. The van der Waals surface area contributed by atoms with E-state index in [0.717, 1.165) is 38.0 Å². The number of para-hydroxylation sites is 1. The number of hydrogen-bond acceptors (Lipinski definition) is 3. The third-order valence-electron chi connectivity index (χ3n) is 4.18. The fourth-order valence-corrected chi connectivity index (χ4v) is 2.86. The van der Waals surface area contributed by atoms with Crippen molar-refractivity contribution in [3.8, 4) is 0 Å². The number of anilines is 1. The molecular weight excluding hydrogens is 314 g/mol. The molecule has 1 saturated heterocycles. The zero-order valence-corrected chi connectivity index (χ0v) is 14.2. The summed E-state index contributed by atoms with van der Waals surface area (Å²) in [7, 11) is 0. The minimum atomic E-state index is -0.382. The van der Waals surface area contributed by atoms with Gasteiger partial charge in [0.05, 0.1) is 0 Å². The molecule has 2 amide bonds. The van der Waals surface area contributed by atoms with E-state index in [0.29, 0.717) is 18.9 Å². The Labute approximate surface area is 144 Å². The zero-order valence-electron chi connectivity index (χ0n) is 13.4. The molecule has 0 atom stereocenters. The van der Waals surface area contributed by atoms with Gasteiger partial charge in [0.2, 0.25) is 11.8 Å². The normalized spacial score (nSPS) is 14.8. The van der Waals surface area contributed by atoms with Crippen LogP contribution in [-0.4, -0.2) is 31.4 Å². The highest BCUT2D eigenvalue weighted by molar-refractivity contribution is 5.94. The maximum atomic E-state index is 12.6. The Morgan fingerprint density at radius 3 is 2.39 bits per heavy atom. The lowest BCUT2D eigenvalue weighted by atomic mass is 9.93. The topological polar surface area (TPSA) is 75.4 Å². The van der Waals surface area contributed by atoms with E-state index in [1.807, 2.05) is 30.3 Å². The molecule has 0 spiro atoms. The van der Waals surface area contributed by atoms with Crippen LogP contribution in [0.25, 0.3) is 0 Å². The number of primary amides is 1. The Morgan fingerprint density at radius 2 is 1.78 bits per heavy atom. The number of amides is 2. The number of benzene rings is 1. The highest BCUT2D eigenvalue weighted by atomic mass is 35.5. The van der Waals surface area contributed by atoms with E-state index in [4.69, 9.17) is 5.73 Å². The first kappa shape index (κ1) is 19.5. The second kappa shape index (κ2) is 10.2. The Hall–Kier alpha value is -1.59. The van der Waals surface area contributed by atoms with Crippen LogP contribution in [0.5, 0.6) is 0 Å². The molecule has 1 heterocycles. The summed E-state index contributed by atoms with van der Waals surface area (Å²) in [6.07, 6.45) is 3.91. The Bertz CT molecular complexity index is 490. The van der Waals surface area contributed by atoms with E-state index < -0.39 is 0 Å². The van der Waals surface area contributed by atoms with E-state index in [-0.39, 0.29) is 30.6 Å². The van der Waals surface area contributed by atoms with E-state index in [2.05, 4.69) is 5.32 Å². The number of halogens is 1. The van der Waals surface area contributed by atoms with Gasteiger partial charge in [-0.3, -0.25) is 9.59 Å². The van der Waals surface area contributed by atoms with Gasteiger partial charge in [-0.15, -0.1) is 12.4 Å². The van der Waals surface area contributed by atoms with Gasteiger partial charge < -0.3 is 16.0 Å². The highest BCUT2D eigenvalue weighted by Gasteiger charge is 2.19. The van der Waals surface area contributed by atoms with Crippen molar-refractivity contribution in [1.82, 2.24) is 5.32 Å². The maximum Gasteiger partial charge on any atom is 0.226 e. The summed E-state index contributed by atoms with van der Waals surface area (Å²) in [6.45, 7) is 2.44. The second-order valence-corrected chi connectivity index (χ2v) is 5.83. The van der Waals surface area contributed by atoms with Crippen LogP contribution in [0.3, 0.4) is 0 Å². The van der Waals surface area contributed by atoms with Crippen molar-refractivity contribution in [2.45, 2.75) is 32.1 Å². The predicted molar refractivity (Wildman–Crippen MR) is 94.7 cm³/mol. The number of rotatable bonds is 7. The molecule has 0 aromatic heterocycles. The lowest BCUT2D eigenvalue weighted by molar-refractivity contribution is -0.119. The van der Waals surface area contributed by atoms with Crippen LogP contribution in [0.2, 0.25) is 0 Å². The number of nitrogens with zero attached hydrogens (tertiary/aromatic N) is 1. The van der Waals surface area contributed by atoms with Gasteiger partial charge in [0.25, 0.3) is 0 Å². The molecule has 0 radical (unpaired) electrons. The molecule has 1 aromatic rings. The lowest BCUT2D eigenvalue weighted by Crippen LogP contribution is -2.35. The predicted octanol–water partition coefficient (Wildman–Crippen LogP) is 2.10. The van der Waals surface area contributed by atoms with Crippen LogP contribution in [0.4, 0.5) is 5.69 Å². The first-order valence-electron chi connectivity index (χ1n) is 8.01. The molecule has 1 fully saturated rings. The first-order valence-corrected chi connectivity index (χ1v) is 8.01. The van der Waals surface area contributed by atoms with Gasteiger partial charge in [0.1, 0.15) is 0 Å². The van der Waals surface area contributed by atoms with Gasteiger partial charge in [0.15, 0.2) is 0 Å². The molecule has 6 heteroatoms. The number of nitrogens with two attached hydrogens (primary N) is 1. The first-order chi connectivity index (χ1) is 10.7. The van der Waals surface area contributed by atoms with Crippen LogP contribution in [-0.2, 0) is 9.59 Å². The summed E-state index contributed by atoms with van der Waals surface area (Å²) in [5, 5.41) is 3.34. The van der Waals surface area contributed by atoms with Crippen LogP contribution in [0.1, 0.15) is 32.1 Å². The smallest absolute Gasteiger partial charge is 0.226 e. The molecule has 0 unspecified atom stereocenters. The molecular formula is C17H26ClN3O2. The largest absolute Gasteiger partial charge is 0.370 e. The minimum Gasteiger partial charge on any atom is -0.370 e. The quantitative estimate of drug-likeness (QED) is 0.798. The Kier molecular flexibility index (Phi) is 8.66. The van der Waals surface area contributed by atoms with Crippen molar-refractivity contribution >= 4 is 29.9 Å². The van der Waals surface area contributed by atoms with Gasteiger partial charge in [-0.05, 0) is 50.4 Å². The standard InChI is InChI=1S/C17H25N3O2.ClH/c18-16(21)10-13-20(15-4-2-1-3-5-15)17(22)7-6-14-8-11-19-12-9-14;/h1-5,14,19H,6-13H2,(H2,18,21);1H. The third kappa shape index (κ3) is 6.59.